The van der Waals surface area contributed by atoms with E-state index in [4.69, 9.17) is 9.84 Å². The number of aromatic nitrogens is 2. The van der Waals surface area contributed by atoms with Gasteiger partial charge in [-0.15, -0.1) is 0 Å². The molecule has 0 amide bonds. The van der Waals surface area contributed by atoms with Gasteiger partial charge in [-0.3, -0.25) is 4.79 Å². The Hall–Kier alpha value is -2.33. The van der Waals surface area contributed by atoms with Crippen molar-refractivity contribution in [3.8, 4) is 0 Å². The summed E-state index contributed by atoms with van der Waals surface area (Å²) in [5.74, 6) is 0. The summed E-state index contributed by atoms with van der Waals surface area (Å²) in [5.41, 5.74) is -0.468. The molecular weight excluding hydrogens is 355 g/mol. The van der Waals surface area contributed by atoms with Crippen molar-refractivity contribution in [1.82, 2.24) is 9.66 Å². The summed E-state index contributed by atoms with van der Waals surface area (Å²) in [4.78, 5) is 26.3. The Balaban J connectivity index is 0.00000163. The van der Waals surface area contributed by atoms with E-state index < -0.39 is 29.1 Å². The summed E-state index contributed by atoms with van der Waals surface area (Å²) < 4.78 is 46.3. The van der Waals surface area contributed by atoms with Crippen LogP contribution in [0.3, 0.4) is 0 Å². The van der Waals surface area contributed by atoms with Crippen molar-refractivity contribution in [2.75, 3.05) is 19.6 Å². The minimum absolute atomic E-state index is 0.0360. The van der Waals surface area contributed by atoms with Crippen molar-refractivity contribution in [3.63, 3.8) is 0 Å². The Morgan fingerprint density at radius 2 is 1.77 bits per heavy atom. The maximum absolute atomic E-state index is 13.4. The number of nitrogens with zero attached hydrogens (tertiary/aromatic N) is 1. The van der Waals surface area contributed by atoms with Gasteiger partial charge in [0, 0.05) is 14.2 Å². The van der Waals surface area contributed by atoms with Crippen LogP contribution in [-0.4, -0.2) is 35.0 Å². The molecule has 2 aromatic rings. The normalized spacial score (nSPS) is 12.7. The Morgan fingerprint density at radius 1 is 1.19 bits per heavy atom. The van der Waals surface area contributed by atoms with Gasteiger partial charge in [-0.05, 0) is 38.5 Å². The molecule has 0 aliphatic rings. The average Bonchev–Trinajstić information content (AvgIpc) is 2.54. The number of rotatable bonds is 4. The smallest absolute Gasteiger partial charge is 0.400 e. The number of hydrogen-bond donors (Lipinski definition) is 3. The monoisotopic (exact) mass is 377 g/mol. The third-order valence-corrected chi connectivity index (χ3v) is 3.51. The van der Waals surface area contributed by atoms with E-state index in [1.54, 1.807) is 13.8 Å². The first-order chi connectivity index (χ1) is 12.1. The van der Waals surface area contributed by atoms with E-state index in [0.29, 0.717) is 4.68 Å². The van der Waals surface area contributed by atoms with E-state index >= 15 is 0 Å². The van der Waals surface area contributed by atoms with Crippen molar-refractivity contribution < 1.29 is 23.0 Å². The van der Waals surface area contributed by atoms with Crippen LogP contribution in [-0.2, 0) is 10.9 Å². The quantitative estimate of drug-likeness (QED) is 0.757. The van der Waals surface area contributed by atoms with E-state index in [1.165, 1.54) is 14.0 Å². The summed E-state index contributed by atoms with van der Waals surface area (Å²) in [7, 11) is 2.36. The number of aliphatic hydroxyl groups is 1. The first-order valence-corrected chi connectivity index (χ1v) is 7.74. The third kappa shape index (κ3) is 4.44. The number of nitrogens with one attached hydrogen (secondary N) is 2. The fourth-order valence-corrected chi connectivity index (χ4v) is 2.55. The van der Waals surface area contributed by atoms with Gasteiger partial charge < -0.3 is 20.3 Å². The predicted molar refractivity (Wildman–Crippen MR) is 91.9 cm³/mol. The maximum atomic E-state index is 13.4. The van der Waals surface area contributed by atoms with Crippen LogP contribution in [0.2, 0.25) is 0 Å². The van der Waals surface area contributed by atoms with Crippen LogP contribution < -0.4 is 16.7 Å². The van der Waals surface area contributed by atoms with E-state index in [-0.39, 0.29) is 22.6 Å². The van der Waals surface area contributed by atoms with Gasteiger partial charge in [-0.2, -0.15) is 17.8 Å². The molecule has 146 valence electrons. The van der Waals surface area contributed by atoms with Crippen LogP contribution in [0, 0.1) is 0 Å². The molecule has 0 bridgehead atoms. The average molecular weight is 377 g/mol. The van der Waals surface area contributed by atoms with Crippen molar-refractivity contribution in [2.45, 2.75) is 39.2 Å². The van der Waals surface area contributed by atoms with E-state index in [0.717, 1.165) is 19.2 Å². The van der Waals surface area contributed by atoms with Crippen molar-refractivity contribution >= 4 is 10.9 Å². The second-order valence-electron chi connectivity index (χ2n) is 5.60. The molecule has 0 radical (unpaired) electrons. The van der Waals surface area contributed by atoms with Gasteiger partial charge in [0.1, 0.15) is 0 Å². The number of aromatic amines is 1. The second kappa shape index (κ2) is 8.37. The highest BCUT2D eigenvalue weighted by atomic mass is 19.4. The van der Waals surface area contributed by atoms with Gasteiger partial charge in [0.15, 0.2) is 0 Å². The molecular formula is C16H22F3N3O4. The fraction of sp³-hybridized carbons (Fsp3) is 0.500. The van der Waals surface area contributed by atoms with Crippen LogP contribution in [0.4, 0.5) is 13.2 Å². The van der Waals surface area contributed by atoms with Gasteiger partial charge in [0.05, 0.1) is 28.7 Å². The molecule has 0 saturated heterocycles. The highest BCUT2D eigenvalue weighted by Crippen LogP contribution is 2.37. The summed E-state index contributed by atoms with van der Waals surface area (Å²) in [6, 6.07) is 1.89. The van der Waals surface area contributed by atoms with Crippen molar-refractivity contribution in [2.24, 2.45) is 0 Å². The van der Waals surface area contributed by atoms with Crippen molar-refractivity contribution in [1.29, 1.82) is 0 Å². The molecule has 0 aliphatic carbocycles. The summed E-state index contributed by atoms with van der Waals surface area (Å²) >= 11 is 0. The number of alkyl halides is 3. The minimum atomic E-state index is -4.65. The highest BCUT2D eigenvalue weighted by Gasteiger charge is 2.35. The second-order valence-corrected chi connectivity index (χ2v) is 5.60. The molecule has 1 atom stereocenters. The number of aliphatic hydroxyl groups excluding tert-OH is 1. The molecule has 1 aromatic carbocycles. The van der Waals surface area contributed by atoms with Gasteiger partial charge in [-0.1, -0.05) is 0 Å². The predicted octanol–water partition coefficient (Wildman–Crippen LogP) is 1.98. The Kier molecular flexibility index (Phi) is 6.99. The van der Waals surface area contributed by atoms with Crippen LogP contribution in [0.15, 0.2) is 21.7 Å². The molecule has 0 fully saturated rings. The Bertz CT molecular complexity index is 872. The minimum Gasteiger partial charge on any atom is -0.400 e. The lowest BCUT2D eigenvalue weighted by atomic mass is 10.00. The van der Waals surface area contributed by atoms with Crippen LogP contribution >= 0.6 is 0 Å². The van der Waals surface area contributed by atoms with Gasteiger partial charge >= 0.3 is 11.9 Å². The number of halogens is 3. The van der Waals surface area contributed by atoms with E-state index in [9.17, 15) is 22.8 Å². The molecule has 1 heterocycles. The summed E-state index contributed by atoms with van der Waals surface area (Å²) in [6.45, 7) is 4.89. The number of H-pyrrole nitrogens is 1. The lowest BCUT2D eigenvalue weighted by molar-refractivity contribution is -0.139. The number of fused-ring (bicyclic) bond motifs is 1. The summed E-state index contributed by atoms with van der Waals surface area (Å²) in [5, 5.41) is 6.96. The molecule has 7 nitrogen and oxygen atoms in total. The molecule has 10 heteroatoms. The summed E-state index contributed by atoms with van der Waals surface area (Å²) in [6.07, 6.45) is -5.81. The van der Waals surface area contributed by atoms with Crippen LogP contribution in [0.1, 0.15) is 38.0 Å². The molecule has 3 N–H and O–H groups in total. The standard InChI is InChI=1S/C15H18F3N3O3.CH4O/c1-7(2)24-8(3)9-5-10-12(6-11(9)15(16,17)18)20-14(23)21(19-4)13(10)22;1-2/h5-8,19H,1-4H3,(H,20,23);2H,1H3. The zero-order valence-electron chi connectivity index (χ0n) is 15.1. The number of ether oxygens (including phenoxy) is 1. The molecule has 26 heavy (non-hydrogen) atoms. The van der Waals surface area contributed by atoms with Gasteiger partial charge in [0.2, 0.25) is 0 Å². The van der Waals surface area contributed by atoms with Crippen molar-refractivity contribution in [3.05, 3.63) is 44.1 Å². The molecule has 0 aliphatic heterocycles. The SMILES string of the molecule is CNn1c(=O)[nH]c2cc(C(F)(F)F)c(C(C)OC(C)C)cc2c1=O.CO. The molecule has 0 saturated carbocycles. The van der Waals surface area contributed by atoms with E-state index in [1.807, 2.05) is 0 Å². The van der Waals surface area contributed by atoms with E-state index in [2.05, 4.69) is 10.4 Å². The van der Waals surface area contributed by atoms with Crippen LogP contribution in [0.5, 0.6) is 0 Å². The first-order valence-electron chi connectivity index (χ1n) is 7.74. The highest BCUT2D eigenvalue weighted by molar-refractivity contribution is 5.79. The first kappa shape index (κ1) is 21.7. The fourth-order valence-electron chi connectivity index (χ4n) is 2.55. The third-order valence-electron chi connectivity index (χ3n) is 3.51. The largest absolute Gasteiger partial charge is 0.416 e. The maximum Gasteiger partial charge on any atom is 0.416 e. The van der Waals surface area contributed by atoms with Crippen LogP contribution in [0.25, 0.3) is 10.9 Å². The lowest BCUT2D eigenvalue weighted by Gasteiger charge is -2.21. The van der Waals surface area contributed by atoms with Gasteiger partial charge in [-0.25, -0.2) is 4.79 Å². The number of hydrogen-bond acceptors (Lipinski definition) is 5. The molecule has 0 spiro atoms. The molecule has 2 rings (SSSR count). The Morgan fingerprint density at radius 3 is 2.23 bits per heavy atom. The topological polar surface area (TPSA) is 96.4 Å². The molecule has 1 unspecified atom stereocenters. The molecule has 1 aromatic heterocycles. The number of benzene rings is 1. The Labute approximate surface area is 147 Å². The zero-order chi connectivity index (χ0) is 20.2. The van der Waals surface area contributed by atoms with Gasteiger partial charge in [0.25, 0.3) is 5.56 Å². The zero-order valence-corrected chi connectivity index (χ0v) is 15.1. The lowest BCUT2D eigenvalue weighted by Crippen LogP contribution is -2.40.